The monoisotopic (exact) mass is 284 g/mol. The zero-order chi connectivity index (χ0) is 15.2. The minimum Gasteiger partial charge on any atom is -0.508 e. The summed E-state index contributed by atoms with van der Waals surface area (Å²) in [5, 5.41) is 22.7. The summed E-state index contributed by atoms with van der Waals surface area (Å²) in [7, 11) is 0. The number of rotatable bonds is 4. The Balaban J connectivity index is 2.02. The van der Waals surface area contributed by atoms with Crippen LogP contribution in [0.2, 0.25) is 0 Å². The van der Waals surface area contributed by atoms with E-state index in [0.717, 1.165) is 12.0 Å². The number of aromatic hydroxyl groups is 2. The summed E-state index contributed by atoms with van der Waals surface area (Å²) in [5.74, 6) is -0.908. The van der Waals surface area contributed by atoms with E-state index in [0.29, 0.717) is 0 Å². The van der Waals surface area contributed by atoms with Crippen molar-refractivity contribution in [3.8, 4) is 11.5 Å². The van der Waals surface area contributed by atoms with Crippen LogP contribution < -0.4 is 5.43 Å². The number of hydrogen-bond acceptors (Lipinski definition) is 4. The molecule has 0 aliphatic carbocycles. The van der Waals surface area contributed by atoms with Gasteiger partial charge in [0, 0.05) is 0 Å². The molecular formula is C16H16N2O3. The second-order valence-electron chi connectivity index (χ2n) is 4.50. The van der Waals surface area contributed by atoms with Crippen molar-refractivity contribution in [1.29, 1.82) is 0 Å². The minimum atomic E-state index is -0.593. The van der Waals surface area contributed by atoms with Gasteiger partial charge in [-0.2, -0.15) is 5.10 Å². The molecule has 1 amide bonds. The van der Waals surface area contributed by atoms with Crippen molar-refractivity contribution in [1.82, 2.24) is 5.43 Å². The van der Waals surface area contributed by atoms with Crippen LogP contribution in [0.3, 0.4) is 0 Å². The Morgan fingerprint density at radius 2 is 1.90 bits per heavy atom. The fourth-order valence-electron chi connectivity index (χ4n) is 1.77. The van der Waals surface area contributed by atoms with E-state index in [1.54, 1.807) is 0 Å². The zero-order valence-electron chi connectivity index (χ0n) is 11.6. The van der Waals surface area contributed by atoms with Gasteiger partial charge in [-0.25, -0.2) is 5.43 Å². The Hall–Kier alpha value is -2.82. The number of amides is 1. The van der Waals surface area contributed by atoms with Crippen molar-refractivity contribution in [2.45, 2.75) is 13.3 Å². The van der Waals surface area contributed by atoms with Crippen LogP contribution in [0.15, 0.2) is 47.6 Å². The molecule has 0 aliphatic heterocycles. The van der Waals surface area contributed by atoms with Crippen LogP contribution >= 0.6 is 0 Å². The van der Waals surface area contributed by atoms with Gasteiger partial charge in [-0.15, -0.1) is 0 Å². The van der Waals surface area contributed by atoms with E-state index in [4.69, 9.17) is 0 Å². The second-order valence-corrected chi connectivity index (χ2v) is 4.50. The molecule has 5 nitrogen and oxygen atoms in total. The third kappa shape index (κ3) is 3.82. The third-order valence-electron chi connectivity index (χ3n) is 2.99. The molecule has 0 unspecified atom stereocenters. The van der Waals surface area contributed by atoms with Crippen LogP contribution in [-0.4, -0.2) is 22.3 Å². The van der Waals surface area contributed by atoms with Gasteiger partial charge < -0.3 is 10.2 Å². The molecule has 5 heteroatoms. The molecule has 2 rings (SSSR count). The number of phenols is 2. The SMILES string of the molecule is CCc1ccc(C=NNC(=O)c2cc(O)ccc2O)cc1. The quantitative estimate of drug-likeness (QED) is 0.458. The van der Waals surface area contributed by atoms with Crippen LogP contribution in [0, 0.1) is 0 Å². The Kier molecular flexibility index (Phi) is 4.56. The van der Waals surface area contributed by atoms with Crippen molar-refractivity contribution in [2.24, 2.45) is 5.10 Å². The minimum absolute atomic E-state index is 0.0338. The number of benzene rings is 2. The summed E-state index contributed by atoms with van der Waals surface area (Å²) in [5.41, 5.74) is 4.35. The van der Waals surface area contributed by atoms with E-state index in [1.807, 2.05) is 24.3 Å². The molecule has 0 bridgehead atoms. The van der Waals surface area contributed by atoms with Gasteiger partial charge in [0.2, 0.25) is 0 Å². The highest BCUT2D eigenvalue weighted by Gasteiger charge is 2.10. The first kappa shape index (κ1) is 14.6. The maximum atomic E-state index is 11.8. The summed E-state index contributed by atoms with van der Waals surface area (Å²) < 4.78 is 0. The number of nitrogens with one attached hydrogen (secondary N) is 1. The van der Waals surface area contributed by atoms with Crippen LogP contribution in [-0.2, 0) is 6.42 Å². The van der Waals surface area contributed by atoms with Gasteiger partial charge in [0.25, 0.3) is 5.91 Å². The first-order chi connectivity index (χ1) is 10.1. The molecule has 0 heterocycles. The number of hydrazone groups is 1. The fourth-order valence-corrected chi connectivity index (χ4v) is 1.77. The standard InChI is InChI=1S/C16H16N2O3/c1-2-11-3-5-12(6-4-11)10-17-18-16(21)14-9-13(19)7-8-15(14)20/h3-10,19-20H,2H2,1H3,(H,18,21). The van der Waals surface area contributed by atoms with Crippen molar-refractivity contribution in [2.75, 3.05) is 0 Å². The molecule has 2 aromatic rings. The number of carbonyl (C=O) groups is 1. The molecule has 0 radical (unpaired) electrons. The van der Waals surface area contributed by atoms with Crippen molar-refractivity contribution >= 4 is 12.1 Å². The van der Waals surface area contributed by atoms with E-state index in [-0.39, 0.29) is 17.1 Å². The topological polar surface area (TPSA) is 81.9 Å². The van der Waals surface area contributed by atoms with Crippen LogP contribution in [0.4, 0.5) is 0 Å². The third-order valence-corrected chi connectivity index (χ3v) is 2.99. The van der Waals surface area contributed by atoms with Gasteiger partial charge in [0.1, 0.15) is 11.5 Å². The van der Waals surface area contributed by atoms with Gasteiger partial charge in [0.15, 0.2) is 0 Å². The number of carbonyl (C=O) groups excluding carboxylic acids is 1. The molecule has 0 spiro atoms. The number of phenolic OH excluding ortho intramolecular Hbond substituents is 2. The maximum Gasteiger partial charge on any atom is 0.275 e. The van der Waals surface area contributed by atoms with Crippen LogP contribution in [0.1, 0.15) is 28.4 Å². The van der Waals surface area contributed by atoms with Crippen molar-refractivity contribution in [3.63, 3.8) is 0 Å². The van der Waals surface area contributed by atoms with E-state index >= 15 is 0 Å². The van der Waals surface area contributed by atoms with Gasteiger partial charge in [-0.1, -0.05) is 31.2 Å². The van der Waals surface area contributed by atoms with Gasteiger partial charge >= 0.3 is 0 Å². The van der Waals surface area contributed by atoms with Crippen molar-refractivity contribution < 1.29 is 15.0 Å². The highest BCUT2D eigenvalue weighted by Crippen LogP contribution is 2.21. The van der Waals surface area contributed by atoms with Gasteiger partial charge in [-0.3, -0.25) is 4.79 Å². The lowest BCUT2D eigenvalue weighted by Crippen LogP contribution is -2.17. The van der Waals surface area contributed by atoms with Gasteiger partial charge in [0.05, 0.1) is 11.8 Å². The molecule has 2 aromatic carbocycles. The number of aryl methyl sites for hydroxylation is 1. The number of nitrogens with zero attached hydrogens (tertiary/aromatic N) is 1. The average Bonchev–Trinajstić information content (AvgIpc) is 2.50. The summed E-state index contributed by atoms with van der Waals surface area (Å²) in [4.78, 5) is 11.8. The maximum absolute atomic E-state index is 11.8. The predicted octanol–water partition coefficient (Wildman–Crippen LogP) is 2.42. The smallest absolute Gasteiger partial charge is 0.275 e. The average molecular weight is 284 g/mol. The molecule has 21 heavy (non-hydrogen) atoms. The molecule has 0 atom stereocenters. The Morgan fingerprint density at radius 3 is 2.57 bits per heavy atom. The molecule has 0 aromatic heterocycles. The van der Waals surface area contributed by atoms with E-state index in [1.165, 1.54) is 30.0 Å². The summed E-state index contributed by atoms with van der Waals surface area (Å²) in [6.07, 6.45) is 2.47. The predicted molar refractivity (Wildman–Crippen MR) is 80.7 cm³/mol. The molecule has 0 saturated carbocycles. The lowest BCUT2D eigenvalue weighted by Gasteiger charge is -2.03. The molecule has 0 fully saturated rings. The highest BCUT2D eigenvalue weighted by molar-refractivity contribution is 5.97. The molecule has 108 valence electrons. The highest BCUT2D eigenvalue weighted by atomic mass is 16.3. The Morgan fingerprint density at radius 1 is 1.19 bits per heavy atom. The molecule has 3 N–H and O–H groups in total. The number of hydrogen-bond donors (Lipinski definition) is 3. The molecule has 0 saturated heterocycles. The lowest BCUT2D eigenvalue weighted by molar-refractivity contribution is 0.0952. The summed E-state index contributed by atoms with van der Waals surface area (Å²) >= 11 is 0. The van der Waals surface area contributed by atoms with E-state index in [2.05, 4.69) is 17.5 Å². The summed E-state index contributed by atoms with van der Waals surface area (Å²) in [6, 6.07) is 11.5. The van der Waals surface area contributed by atoms with E-state index < -0.39 is 5.91 Å². The molecular weight excluding hydrogens is 268 g/mol. The Bertz CT molecular complexity index is 664. The fraction of sp³-hybridized carbons (Fsp3) is 0.125. The van der Waals surface area contributed by atoms with E-state index in [9.17, 15) is 15.0 Å². The van der Waals surface area contributed by atoms with Crippen molar-refractivity contribution in [3.05, 3.63) is 59.2 Å². The first-order valence-corrected chi connectivity index (χ1v) is 6.54. The summed E-state index contributed by atoms with van der Waals surface area (Å²) in [6.45, 7) is 2.07. The lowest BCUT2D eigenvalue weighted by atomic mass is 10.1. The first-order valence-electron chi connectivity index (χ1n) is 6.54. The van der Waals surface area contributed by atoms with Gasteiger partial charge in [-0.05, 0) is 35.7 Å². The molecule has 0 aliphatic rings. The largest absolute Gasteiger partial charge is 0.508 e. The normalized spacial score (nSPS) is 10.7. The Labute approximate surface area is 122 Å². The van der Waals surface area contributed by atoms with Crippen LogP contribution in [0.25, 0.3) is 0 Å². The second kappa shape index (κ2) is 6.56. The zero-order valence-corrected chi connectivity index (χ0v) is 11.6. The van der Waals surface area contributed by atoms with Crippen LogP contribution in [0.5, 0.6) is 11.5 Å².